The highest BCUT2D eigenvalue weighted by Gasteiger charge is 2.16. The van der Waals surface area contributed by atoms with E-state index in [-0.39, 0.29) is 16.3 Å². The van der Waals surface area contributed by atoms with Crippen LogP contribution >= 0.6 is 34.2 Å². The van der Waals surface area contributed by atoms with E-state index >= 15 is 0 Å². The van der Waals surface area contributed by atoms with Crippen LogP contribution in [0.2, 0.25) is 5.02 Å². The number of hydrazone groups is 1. The predicted octanol–water partition coefficient (Wildman–Crippen LogP) is 4.01. The van der Waals surface area contributed by atoms with E-state index in [0.29, 0.717) is 5.71 Å². The summed E-state index contributed by atoms with van der Waals surface area (Å²) in [5.74, 6) is -0.547. The van der Waals surface area contributed by atoms with Crippen molar-refractivity contribution in [3.05, 3.63) is 72.3 Å². The molecule has 23 heavy (non-hydrogen) atoms. The Kier molecular flexibility index (Phi) is 5.67. The molecule has 0 aliphatic heterocycles. The molecule has 1 amide bonds. The van der Waals surface area contributed by atoms with E-state index in [1.807, 2.05) is 24.3 Å². The predicted molar refractivity (Wildman–Crippen MR) is 96.9 cm³/mol. The fraction of sp³-hybridized carbons (Fsp3) is 0.0667. The Hall–Kier alpha value is -2.00. The van der Waals surface area contributed by atoms with Gasteiger partial charge in [0.05, 0.1) is 10.6 Å². The molecule has 118 valence electrons. The molecular weight excluding hydrogens is 433 g/mol. The van der Waals surface area contributed by atoms with Gasteiger partial charge in [-0.2, -0.15) is 5.10 Å². The molecule has 0 radical (unpaired) electrons. The third-order valence-electron chi connectivity index (χ3n) is 2.97. The van der Waals surface area contributed by atoms with Crippen LogP contribution in [0, 0.1) is 13.7 Å². The average molecular weight is 444 g/mol. The van der Waals surface area contributed by atoms with Crippen molar-refractivity contribution in [3.8, 4) is 0 Å². The molecule has 2 aromatic carbocycles. The number of hydrogen-bond donors (Lipinski definition) is 1. The van der Waals surface area contributed by atoms with Crippen molar-refractivity contribution in [2.45, 2.75) is 6.92 Å². The monoisotopic (exact) mass is 443 g/mol. The van der Waals surface area contributed by atoms with E-state index in [1.165, 1.54) is 12.1 Å². The van der Waals surface area contributed by atoms with Crippen molar-refractivity contribution in [1.29, 1.82) is 0 Å². The van der Waals surface area contributed by atoms with E-state index in [9.17, 15) is 14.9 Å². The van der Waals surface area contributed by atoms with Crippen LogP contribution < -0.4 is 5.43 Å². The van der Waals surface area contributed by atoms with Crippen LogP contribution in [0.15, 0.2) is 47.6 Å². The first kappa shape index (κ1) is 17.4. The zero-order valence-corrected chi connectivity index (χ0v) is 14.8. The van der Waals surface area contributed by atoms with Crippen LogP contribution in [-0.4, -0.2) is 16.5 Å². The first-order valence-corrected chi connectivity index (χ1v) is 7.88. The molecule has 0 saturated heterocycles. The van der Waals surface area contributed by atoms with Crippen LogP contribution in [0.4, 0.5) is 5.69 Å². The number of amides is 1. The molecular formula is C15H11ClIN3O3. The molecule has 0 saturated carbocycles. The van der Waals surface area contributed by atoms with Crippen molar-refractivity contribution >= 4 is 51.5 Å². The number of hydrogen-bond acceptors (Lipinski definition) is 4. The van der Waals surface area contributed by atoms with Gasteiger partial charge in [0, 0.05) is 15.2 Å². The van der Waals surface area contributed by atoms with Crippen LogP contribution in [0.5, 0.6) is 0 Å². The Balaban J connectivity index is 2.18. The molecule has 8 heteroatoms. The SMILES string of the molecule is C/C(=N/NC(=O)c1ccc(Cl)c([N+](=O)[O-])c1)c1cccc(I)c1. The zero-order chi connectivity index (χ0) is 17.0. The minimum absolute atomic E-state index is 0.0231. The molecule has 0 atom stereocenters. The molecule has 0 aliphatic rings. The number of carbonyl (C=O) groups excluding carboxylic acids is 1. The molecule has 0 aliphatic carbocycles. The lowest BCUT2D eigenvalue weighted by Gasteiger charge is -2.04. The lowest BCUT2D eigenvalue weighted by molar-refractivity contribution is -0.384. The van der Waals surface area contributed by atoms with Gasteiger partial charge in [-0.15, -0.1) is 0 Å². The van der Waals surface area contributed by atoms with Gasteiger partial charge in [-0.25, -0.2) is 5.43 Å². The minimum atomic E-state index is -0.639. The number of nitro groups is 1. The molecule has 0 aromatic heterocycles. The zero-order valence-electron chi connectivity index (χ0n) is 11.9. The Morgan fingerprint density at radius 3 is 2.65 bits per heavy atom. The molecule has 0 unspecified atom stereocenters. The fourth-order valence-electron chi connectivity index (χ4n) is 1.77. The largest absolute Gasteiger partial charge is 0.288 e. The van der Waals surface area contributed by atoms with Crippen molar-refractivity contribution in [3.63, 3.8) is 0 Å². The maximum atomic E-state index is 12.0. The Morgan fingerprint density at radius 1 is 1.26 bits per heavy atom. The number of halogens is 2. The second-order valence-electron chi connectivity index (χ2n) is 4.57. The number of nitrogens with one attached hydrogen (secondary N) is 1. The summed E-state index contributed by atoms with van der Waals surface area (Å²) in [5.41, 5.74) is 3.67. The second kappa shape index (κ2) is 7.51. The van der Waals surface area contributed by atoms with E-state index in [0.717, 1.165) is 15.2 Å². The van der Waals surface area contributed by atoms with Crippen LogP contribution in [0.1, 0.15) is 22.8 Å². The molecule has 0 spiro atoms. The number of rotatable bonds is 4. The number of nitro benzene ring substituents is 1. The summed E-state index contributed by atoms with van der Waals surface area (Å²) in [5, 5.41) is 14.8. The van der Waals surface area contributed by atoms with Crippen molar-refractivity contribution in [2.75, 3.05) is 0 Å². The van der Waals surface area contributed by atoms with E-state index < -0.39 is 10.8 Å². The van der Waals surface area contributed by atoms with Gasteiger partial charge in [0.25, 0.3) is 11.6 Å². The third kappa shape index (κ3) is 4.49. The van der Waals surface area contributed by atoms with Gasteiger partial charge in [0.2, 0.25) is 0 Å². The van der Waals surface area contributed by atoms with Crippen LogP contribution in [0.25, 0.3) is 0 Å². The molecule has 2 aromatic rings. The van der Waals surface area contributed by atoms with Gasteiger partial charge in [0.1, 0.15) is 5.02 Å². The van der Waals surface area contributed by atoms with Crippen LogP contribution in [0.3, 0.4) is 0 Å². The van der Waals surface area contributed by atoms with Crippen LogP contribution in [-0.2, 0) is 0 Å². The second-order valence-corrected chi connectivity index (χ2v) is 6.22. The standard InChI is InChI=1S/C15H11ClIN3O3/c1-9(10-3-2-4-12(17)7-10)18-19-15(21)11-5-6-13(16)14(8-11)20(22)23/h2-8H,1H3,(H,19,21)/b18-9-. The van der Waals surface area contributed by atoms with Gasteiger partial charge in [-0.3, -0.25) is 14.9 Å². The first-order valence-electron chi connectivity index (χ1n) is 6.43. The molecule has 0 heterocycles. The topological polar surface area (TPSA) is 84.6 Å². The minimum Gasteiger partial charge on any atom is -0.267 e. The van der Waals surface area contributed by atoms with Gasteiger partial charge in [-0.1, -0.05) is 23.7 Å². The number of benzene rings is 2. The normalized spacial score (nSPS) is 11.2. The van der Waals surface area contributed by atoms with Gasteiger partial charge in [-0.05, 0) is 59.3 Å². The maximum Gasteiger partial charge on any atom is 0.288 e. The fourth-order valence-corrected chi connectivity index (χ4v) is 2.50. The van der Waals surface area contributed by atoms with E-state index in [4.69, 9.17) is 11.6 Å². The Labute approximate surface area is 150 Å². The smallest absolute Gasteiger partial charge is 0.267 e. The Bertz CT molecular complexity index is 808. The highest BCUT2D eigenvalue weighted by atomic mass is 127. The first-order chi connectivity index (χ1) is 10.9. The summed E-state index contributed by atoms with van der Waals surface area (Å²) < 4.78 is 1.05. The van der Waals surface area contributed by atoms with E-state index in [1.54, 1.807) is 6.92 Å². The Morgan fingerprint density at radius 2 is 2.00 bits per heavy atom. The summed E-state index contributed by atoms with van der Waals surface area (Å²) >= 11 is 7.90. The van der Waals surface area contributed by atoms with Gasteiger partial charge < -0.3 is 0 Å². The summed E-state index contributed by atoms with van der Waals surface area (Å²) in [6, 6.07) is 11.5. The van der Waals surface area contributed by atoms with Crippen molar-refractivity contribution in [1.82, 2.24) is 5.43 Å². The summed E-state index contributed by atoms with van der Waals surface area (Å²) in [4.78, 5) is 22.2. The van der Waals surface area contributed by atoms with Gasteiger partial charge in [0.15, 0.2) is 0 Å². The summed E-state index contributed by atoms with van der Waals surface area (Å²) in [6.45, 7) is 1.76. The molecule has 2 rings (SSSR count). The van der Waals surface area contributed by atoms with E-state index in [2.05, 4.69) is 33.1 Å². The molecule has 6 nitrogen and oxygen atoms in total. The lowest BCUT2D eigenvalue weighted by atomic mass is 10.1. The van der Waals surface area contributed by atoms with Gasteiger partial charge >= 0.3 is 0 Å². The molecule has 0 fully saturated rings. The third-order valence-corrected chi connectivity index (χ3v) is 3.96. The number of nitrogens with zero attached hydrogens (tertiary/aromatic N) is 2. The van der Waals surface area contributed by atoms with Crippen molar-refractivity contribution < 1.29 is 9.72 Å². The average Bonchev–Trinajstić information content (AvgIpc) is 2.52. The molecule has 0 bridgehead atoms. The van der Waals surface area contributed by atoms with Crippen molar-refractivity contribution in [2.24, 2.45) is 5.10 Å². The lowest BCUT2D eigenvalue weighted by Crippen LogP contribution is -2.19. The highest BCUT2D eigenvalue weighted by molar-refractivity contribution is 14.1. The summed E-state index contributed by atoms with van der Waals surface area (Å²) in [6.07, 6.45) is 0. The number of carbonyl (C=O) groups is 1. The maximum absolute atomic E-state index is 12.0. The highest BCUT2D eigenvalue weighted by Crippen LogP contribution is 2.24. The summed E-state index contributed by atoms with van der Waals surface area (Å²) in [7, 11) is 0. The quantitative estimate of drug-likeness (QED) is 0.335. The molecule has 1 N–H and O–H groups in total.